The number of pyridine rings is 3. The van der Waals surface area contributed by atoms with E-state index in [1.807, 2.05) is 36.4 Å². The molecule has 1 fully saturated rings. The second-order valence-electron chi connectivity index (χ2n) is 7.33. The van der Waals surface area contributed by atoms with Crippen molar-refractivity contribution in [3.63, 3.8) is 0 Å². The minimum atomic E-state index is 0.287. The monoisotopic (exact) mass is 387 g/mol. The van der Waals surface area contributed by atoms with Crippen molar-refractivity contribution in [2.24, 2.45) is 11.7 Å². The summed E-state index contributed by atoms with van der Waals surface area (Å²) in [5.41, 5.74) is 15.4. The van der Waals surface area contributed by atoms with Gasteiger partial charge in [-0.25, -0.2) is 4.98 Å². The van der Waals surface area contributed by atoms with Crippen LogP contribution in [0.3, 0.4) is 0 Å². The van der Waals surface area contributed by atoms with Crippen molar-refractivity contribution in [1.29, 1.82) is 5.41 Å². The molecule has 5 N–H and O–H groups in total. The topological polar surface area (TPSA) is 118 Å². The highest BCUT2D eigenvalue weighted by atomic mass is 15.2. The summed E-state index contributed by atoms with van der Waals surface area (Å²) in [6.45, 7) is 2.65. The smallest absolute Gasteiger partial charge is 0.129 e. The molecular weight excluding hydrogens is 362 g/mol. The fraction of sp³-hybridized carbons (Fsp3) is 0.273. The van der Waals surface area contributed by atoms with E-state index in [0.717, 1.165) is 49.6 Å². The zero-order valence-electron chi connectivity index (χ0n) is 16.3. The first-order valence-electron chi connectivity index (χ1n) is 9.83. The molecule has 1 atom stereocenters. The van der Waals surface area contributed by atoms with Gasteiger partial charge in [0.25, 0.3) is 0 Å². The molecule has 1 saturated heterocycles. The molecule has 0 spiro atoms. The quantitative estimate of drug-likeness (QED) is 0.560. The molecule has 0 bridgehead atoms. The molecule has 1 aliphatic rings. The molecule has 0 aromatic carbocycles. The molecule has 1 aliphatic heterocycles. The van der Waals surface area contributed by atoms with E-state index in [1.165, 1.54) is 0 Å². The van der Waals surface area contributed by atoms with Crippen LogP contribution >= 0.6 is 0 Å². The average Bonchev–Trinajstić information content (AvgIpc) is 3.23. The summed E-state index contributed by atoms with van der Waals surface area (Å²) in [5, 5.41) is 8.72. The van der Waals surface area contributed by atoms with Gasteiger partial charge in [-0.15, -0.1) is 0 Å². The third-order valence-electron chi connectivity index (χ3n) is 5.34. The third-order valence-corrected chi connectivity index (χ3v) is 5.34. The van der Waals surface area contributed by atoms with Crippen molar-refractivity contribution in [1.82, 2.24) is 15.0 Å². The fourth-order valence-electron chi connectivity index (χ4n) is 3.74. The largest absolute Gasteiger partial charge is 0.397 e. The minimum Gasteiger partial charge on any atom is -0.397 e. The van der Waals surface area contributed by atoms with E-state index in [-0.39, 0.29) is 5.71 Å². The predicted octanol–water partition coefficient (Wildman–Crippen LogP) is 2.71. The van der Waals surface area contributed by atoms with Crippen LogP contribution in [0.5, 0.6) is 0 Å². The van der Waals surface area contributed by atoms with Crippen LogP contribution in [0.2, 0.25) is 0 Å². The second-order valence-corrected chi connectivity index (χ2v) is 7.33. The van der Waals surface area contributed by atoms with Gasteiger partial charge in [-0.05, 0) is 55.6 Å². The number of nitrogens with two attached hydrogens (primary N) is 2. The maximum Gasteiger partial charge on any atom is 0.129 e. The lowest BCUT2D eigenvalue weighted by molar-refractivity contribution is 0.546. The second kappa shape index (κ2) is 8.36. The van der Waals surface area contributed by atoms with Crippen LogP contribution in [-0.4, -0.2) is 40.3 Å². The van der Waals surface area contributed by atoms with Gasteiger partial charge in [0.1, 0.15) is 5.82 Å². The molecule has 1 unspecified atom stereocenters. The Kier molecular flexibility index (Phi) is 5.48. The molecular formula is C22H25N7. The molecule has 0 saturated carbocycles. The Morgan fingerprint density at radius 3 is 2.90 bits per heavy atom. The molecule has 3 aromatic heterocycles. The Morgan fingerprint density at radius 1 is 1.21 bits per heavy atom. The highest BCUT2D eigenvalue weighted by Gasteiger charge is 2.23. The molecule has 4 heterocycles. The summed E-state index contributed by atoms with van der Waals surface area (Å²) in [6, 6.07) is 11.4. The minimum absolute atomic E-state index is 0.287. The summed E-state index contributed by atoms with van der Waals surface area (Å²) >= 11 is 0. The number of rotatable bonds is 6. The van der Waals surface area contributed by atoms with Crippen molar-refractivity contribution in [2.45, 2.75) is 12.8 Å². The van der Waals surface area contributed by atoms with Gasteiger partial charge in [0.2, 0.25) is 0 Å². The van der Waals surface area contributed by atoms with Crippen LogP contribution in [-0.2, 0) is 0 Å². The summed E-state index contributed by atoms with van der Waals surface area (Å²) in [7, 11) is 0. The zero-order valence-corrected chi connectivity index (χ0v) is 16.3. The van der Waals surface area contributed by atoms with E-state index >= 15 is 0 Å². The number of nitrogen functional groups attached to an aromatic ring is 1. The van der Waals surface area contributed by atoms with E-state index in [4.69, 9.17) is 21.9 Å². The van der Waals surface area contributed by atoms with Gasteiger partial charge in [0.15, 0.2) is 0 Å². The lowest BCUT2D eigenvalue weighted by atomic mass is 10.0. The third kappa shape index (κ3) is 4.09. The van der Waals surface area contributed by atoms with Crippen LogP contribution in [0.1, 0.15) is 24.1 Å². The molecule has 0 aliphatic carbocycles. The average molecular weight is 387 g/mol. The van der Waals surface area contributed by atoms with Gasteiger partial charge in [0, 0.05) is 36.6 Å². The van der Waals surface area contributed by atoms with E-state index in [1.54, 1.807) is 18.6 Å². The van der Waals surface area contributed by atoms with Gasteiger partial charge in [-0.3, -0.25) is 15.4 Å². The summed E-state index contributed by atoms with van der Waals surface area (Å²) < 4.78 is 0. The number of nitrogens with one attached hydrogen (secondary N) is 1. The van der Waals surface area contributed by atoms with Crippen LogP contribution < -0.4 is 16.4 Å². The first-order valence-corrected chi connectivity index (χ1v) is 9.83. The number of nitrogens with zero attached hydrogens (tertiary/aromatic N) is 4. The maximum absolute atomic E-state index is 8.72. The Balaban J connectivity index is 1.60. The molecule has 29 heavy (non-hydrogen) atoms. The Labute approximate surface area is 170 Å². The predicted molar refractivity (Wildman–Crippen MR) is 116 cm³/mol. The first-order chi connectivity index (χ1) is 14.2. The highest BCUT2D eigenvalue weighted by Crippen LogP contribution is 2.26. The number of aromatic nitrogens is 3. The number of anilines is 2. The van der Waals surface area contributed by atoms with Crippen molar-refractivity contribution >= 4 is 17.2 Å². The van der Waals surface area contributed by atoms with Gasteiger partial charge in [-0.2, -0.15) is 0 Å². The van der Waals surface area contributed by atoms with Crippen molar-refractivity contribution in [3.8, 4) is 11.3 Å². The van der Waals surface area contributed by atoms with Crippen molar-refractivity contribution < 1.29 is 0 Å². The summed E-state index contributed by atoms with van der Waals surface area (Å²) in [6.07, 6.45) is 7.22. The highest BCUT2D eigenvalue weighted by molar-refractivity contribution is 6.13. The lowest BCUT2D eigenvalue weighted by Crippen LogP contribution is -2.22. The Hall–Kier alpha value is -3.32. The van der Waals surface area contributed by atoms with E-state index in [9.17, 15) is 0 Å². The van der Waals surface area contributed by atoms with Crippen LogP contribution in [0, 0.1) is 11.3 Å². The first kappa shape index (κ1) is 19.0. The number of hydrogen-bond donors (Lipinski definition) is 3. The SMILES string of the molecule is N=C(c1cccc(N2CCC(CCN)C2)n1)c1cc(-c2cccnc2)ncc1N. The lowest BCUT2D eigenvalue weighted by Gasteiger charge is -2.18. The Morgan fingerprint density at radius 2 is 2.10 bits per heavy atom. The van der Waals surface area contributed by atoms with E-state index in [0.29, 0.717) is 22.9 Å². The van der Waals surface area contributed by atoms with Crippen LogP contribution in [0.25, 0.3) is 11.3 Å². The Bertz CT molecular complexity index is 1000. The van der Waals surface area contributed by atoms with E-state index < -0.39 is 0 Å². The van der Waals surface area contributed by atoms with Gasteiger partial charge in [0.05, 0.1) is 29.0 Å². The van der Waals surface area contributed by atoms with Gasteiger partial charge >= 0.3 is 0 Å². The summed E-state index contributed by atoms with van der Waals surface area (Å²) in [5.74, 6) is 1.51. The molecule has 7 nitrogen and oxygen atoms in total. The molecule has 7 heteroatoms. The molecule has 4 rings (SSSR count). The van der Waals surface area contributed by atoms with Gasteiger partial charge < -0.3 is 16.4 Å². The molecule has 148 valence electrons. The van der Waals surface area contributed by atoms with E-state index in [2.05, 4.69) is 14.9 Å². The van der Waals surface area contributed by atoms with Crippen molar-refractivity contribution in [2.75, 3.05) is 30.3 Å². The summed E-state index contributed by atoms with van der Waals surface area (Å²) in [4.78, 5) is 15.6. The number of hydrogen-bond acceptors (Lipinski definition) is 7. The molecule has 3 aromatic rings. The molecule has 0 radical (unpaired) electrons. The van der Waals surface area contributed by atoms with Gasteiger partial charge in [-0.1, -0.05) is 6.07 Å². The normalized spacial score (nSPS) is 16.2. The maximum atomic E-state index is 8.72. The zero-order chi connectivity index (χ0) is 20.2. The van der Waals surface area contributed by atoms with Crippen LogP contribution in [0.4, 0.5) is 11.5 Å². The fourth-order valence-corrected chi connectivity index (χ4v) is 3.74. The molecule has 0 amide bonds. The standard InChI is InChI=1S/C22H25N7/c23-8-6-15-7-10-29(14-15)21-5-1-4-19(28-21)22(25)17-11-20(27-13-18(17)24)16-3-2-9-26-12-16/h1-5,9,11-13,15,25H,6-8,10,14,23-24H2. The van der Waals surface area contributed by atoms with Crippen molar-refractivity contribution in [3.05, 3.63) is 66.2 Å². The van der Waals surface area contributed by atoms with Crippen LogP contribution in [0.15, 0.2) is 55.0 Å².